The summed E-state index contributed by atoms with van der Waals surface area (Å²) in [5.74, 6) is -1.26. The number of carboxylic acid groups (broad SMARTS) is 1. The fraction of sp³-hybridized carbons (Fsp3) is 0.111. The van der Waals surface area contributed by atoms with E-state index in [4.69, 9.17) is 15.6 Å². The van der Waals surface area contributed by atoms with Crippen molar-refractivity contribution in [2.75, 3.05) is 11.6 Å². The van der Waals surface area contributed by atoms with Gasteiger partial charge in [-0.15, -0.1) is 5.01 Å². The van der Waals surface area contributed by atoms with E-state index in [0.29, 0.717) is 10.6 Å². The predicted molar refractivity (Wildman–Crippen MR) is 54.0 cm³/mol. The molecule has 0 saturated carbocycles. The lowest BCUT2D eigenvalue weighted by molar-refractivity contribution is -0.566. The second-order valence-electron chi connectivity index (χ2n) is 2.95. The zero-order valence-electron chi connectivity index (χ0n) is 8.52. The maximum atomic E-state index is 11.1. The molecule has 1 aromatic carbocycles. The van der Waals surface area contributed by atoms with Crippen molar-refractivity contribution in [1.29, 1.82) is 5.26 Å². The fourth-order valence-corrected chi connectivity index (χ4v) is 1.14. The number of nitriles is 1. The highest BCUT2D eigenvalue weighted by Crippen LogP contribution is 2.15. The Morgan fingerprint density at radius 3 is 2.53 bits per heavy atom. The lowest BCUT2D eigenvalue weighted by Gasteiger charge is -2.15. The first-order chi connectivity index (χ1) is 8.08. The van der Waals surface area contributed by atoms with E-state index in [0.717, 1.165) is 0 Å². The summed E-state index contributed by atoms with van der Waals surface area (Å²) in [5.41, 5.74) is 0.557. The summed E-state index contributed by atoms with van der Waals surface area (Å²) in [6.07, 6.45) is 0. The molecule has 0 heterocycles. The molecule has 0 aliphatic carbocycles. The van der Waals surface area contributed by atoms with E-state index in [9.17, 15) is 10.0 Å². The first-order valence-corrected chi connectivity index (χ1v) is 4.40. The summed E-state index contributed by atoms with van der Waals surface area (Å²) in [4.78, 5) is 10.3. The third-order valence-corrected chi connectivity index (χ3v) is 1.86. The standard InChI is InChI=1S/C9H8N4O4/c10-5-7-1-3-8(4-2-7)12(6-9(14)15)13(17)11-16/h1-4,16H,6H2,(H,14,15)/b13-11-. The summed E-state index contributed by atoms with van der Waals surface area (Å²) >= 11 is 0. The van der Waals surface area contributed by atoms with Gasteiger partial charge in [-0.05, 0) is 24.3 Å². The zero-order valence-corrected chi connectivity index (χ0v) is 8.52. The first kappa shape index (κ1) is 12.3. The molecule has 0 atom stereocenters. The molecule has 0 aromatic heterocycles. The lowest BCUT2D eigenvalue weighted by atomic mass is 10.2. The monoisotopic (exact) mass is 236 g/mol. The van der Waals surface area contributed by atoms with Gasteiger partial charge >= 0.3 is 5.97 Å². The van der Waals surface area contributed by atoms with Crippen LogP contribution in [0.3, 0.4) is 0 Å². The van der Waals surface area contributed by atoms with Crippen LogP contribution in [0.2, 0.25) is 0 Å². The molecule has 0 fully saturated rings. The molecule has 0 saturated heterocycles. The van der Waals surface area contributed by atoms with Gasteiger partial charge in [0, 0.05) is 0 Å². The van der Waals surface area contributed by atoms with Gasteiger partial charge < -0.3 is 15.5 Å². The summed E-state index contributed by atoms with van der Waals surface area (Å²) in [7, 11) is 0. The SMILES string of the molecule is N#Cc1ccc(N(CC(=O)O)/[N+]([O-])=N/O)cc1. The molecule has 8 nitrogen and oxygen atoms in total. The molecule has 0 spiro atoms. The van der Waals surface area contributed by atoms with Crippen LogP contribution >= 0.6 is 0 Å². The Bertz CT molecular complexity index is 477. The van der Waals surface area contributed by atoms with Crippen LogP contribution in [0.15, 0.2) is 29.5 Å². The number of hydrogen-bond acceptors (Lipinski definition) is 4. The van der Waals surface area contributed by atoms with Gasteiger partial charge in [-0.1, -0.05) is 0 Å². The quantitative estimate of drug-likeness (QED) is 0.451. The number of hydrogen-bond donors (Lipinski definition) is 2. The minimum atomic E-state index is -1.26. The molecular weight excluding hydrogens is 228 g/mol. The van der Waals surface area contributed by atoms with Crippen molar-refractivity contribution < 1.29 is 20.1 Å². The zero-order chi connectivity index (χ0) is 12.8. The molecule has 88 valence electrons. The molecule has 0 aliphatic rings. The molecule has 8 heteroatoms. The second-order valence-corrected chi connectivity index (χ2v) is 2.95. The summed E-state index contributed by atoms with van der Waals surface area (Å²) in [5, 5.41) is 39.6. The van der Waals surface area contributed by atoms with Crippen LogP contribution in [0.25, 0.3) is 0 Å². The number of hydrazine groups is 1. The van der Waals surface area contributed by atoms with Gasteiger partial charge in [0.1, 0.15) is 5.69 Å². The number of aliphatic carboxylic acids is 1. The summed E-state index contributed by atoms with van der Waals surface area (Å²) in [6.45, 7) is -0.667. The minimum absolute atomic E-state index is 0.194. The molecule has 1 aromatic rings. The van der Waals surface area contributed by atoms with Gasteiger partial charge in [0.15, 0.2) is 6.54 Å². The third-order valence-electron chi connectivity index (χ3n) is 1.86. The van der Waals surface area contributed by atoms with Crippen molar-refractivity contribution in [3.8, 4) is 6.07 Å². The van der Waals surface area contributed by atoms with E-state index in [-0.39, 0.29) is 10.7 Å². The Balaban J connectivity index is 3.04. The Hall–Kier alpha value is -2.82. The molecule has 0 amide bonds. The van der Waals surface area contributed by atoms with Gasteiger partial charge in [0.05, 0.1) is 16.6 Å². The highest BCUT2D eigenvalue weighted by Gasteiger charge is 2.19. The van der Waals surface area contributed by atoms with Crippen LogP contribution in [0.1, 0.15) is 5.56 Å². The van der Waals surface area contributed by atoms with Crippen molar-refractivity contribution in [3.05, 3.63) is 35.0 Å². The number of benzene rings is 1. The van der Waals surface area contributed by atoms with Crippen LogP contribution in [0.5, 0.6) is 0 Å². The number of nitrogens with zero attached hydrogens (tertiary/aromatic N) is 4. The fourth-order valence-electron chi connectivity index (χ4n) is 1.14. The van der Waals surface area contributed by atoms with Crippen molar-refractivity contribution in [1.82, 2.24) is 0 Å². The Morgan fingerprint density at radius 1 is 1.53 bits per heavy atom. The van der Waals surface area contributed by atoms with Gasteiger partial charge in [0.25, 0.3) is 0 Å². The smallest absolute Gasteiger partial charge is 0.329 e. The summed E-state index contributed by atoms with van der Waals surface area (Å²) in [6, 6.07) is 7.45. The van der Waals surface area contributed by atoms with Crippen molar-refractivity contribution in [2.24, 2.45) is 5.28 Å². The topological polar surface area (TPSA) is 123 Å². The molecule has 1 rings (SSSR count). The van der Waals surface area contributed by atoms with E-state index in [1.807, 2.05) is 6.07 Å². The van der Waals surface area contributed by atoms with Crippen LogP contribution in [-0.2, 0) is 4.79 Å². The van der Waals surface area contributed by atoms with Gasteiger partial charge in [0.2, 0.25) is 5.28 Å². The largest absolute Gasteiger partial charge is 0.569 e. The second kappa shape index (κ2) is 5.32. The number of rotatable bonds is 4. The highest BCUT2D eigenvalue weighted by atomic mass is 16.6. The van der Waals surface area contributed by atoms with Crippen molar-refractivity contribution in [3.63, 3.8) is 0 Å². The van der Waals surface area contributed by atoms with Crippen LogP contribution in [-0.4, -0.2) is 27.8 Å². The van der Waals surface area contributed by atoms with Gasteiger partial charge in [-0.25, -0.2) is 0 Å². The molecule has 0 radical (unpaired) electrons. The Labute approximate surface area is 95.8 Å². The average Bonchev–Trinajstić information content (AvgIpc) is 2.35. The molecule has 0 unspecified atom stereocenters. The highest BCUT2D eigenvalue weighted by molar-refractivity contribution is 5.72. The van der Waals surface area contributed by atoms with E-state index >= 15 is 0 Å². The van der Waals surface area contributed by atoms with Crippen molar-refractivity contribution in [2.45, 2.75) is 0 Å². The van der Waals surface area contributed by atoms with E-state index in [1.54, 1.807) is 0 Å². The van der Waals surface area contributed by atoms with Crippen LogP contribution < -0.4 is 5.01 Å². The molecule has 2 N–H and O–H groups in total. The van der Waals surface area contributed by atoms with Crippen LogP contribution in [0, 0.1) is 16.5 Å². The Kier molecular flexibility index (Phi) is 3.83. The number of carboxylic acids is 1. The molecule has 0 aliphatic heterocycles. The summed E-state index contributed by atoms with van der Waals surface area (Å²) < 4.78 is 0. The van der Waals surface area contributed by atoms with E-state index < -0.39 is 12.5 Å². The van der Waals surface area contributed by atoms with E-state index in [1.165, 1.54) is 24.3 Å². The number of anilines is 1. The lowest BCUT2D eigenvalue weighted by Crippen LogP contribution is -2.35. The maximum absolute atomic E-state index is 11.1. The predicted octanol–water partition coefficient (Wildman–Crippen LogP) is 0.716. The number of carbonyl (C=O) groups is 1. The van der Waals surface area contributed by atoms with Crippen LogP contribution in [0.4, 0.5) is 5.69 Å². The maximum Gasteiger partial charge on any atom is 0.329 e. The minimum Gasteiger partial charge on any atom is -0.569 e. The molecule has 17 heavy (non-hydrogen) atoms. The third kappa shape index (κ3) is 3.07. The average molecular weight is 236 g/mol. The molecule has 0 bridgehead atoms. The first-order valence-electron chi connectivity index (χ1n) is 4.40. The Morgan fingerprint density at radius 2 is 2.12 bits per heavy atom. The van der Waals surface area contributed by atoms with E-state index in [2.05, 4.69) is 5.28 Å². The van der Waals surface area contributed by atoms with Crippen molar-refractivity contribution >= 4 is 11.7 Å². The van der Waals surface area contributed by atoms with Gasteiger partial charge in [-0.2, -0.15) is 5.26 Å². The molecular formula is C9H8N4O4. The van der Waals surface area contributed by atoms with Gasteiger partial charge in [-0.3, -0.25) is 4.79 Å². The normalized spacial score (nSPS) is 10.6.